The number of tetrazole rings is 1. The molecule has 0 aliphatic rings. The van der Waals surface area contributed by atoms with E-state index in [1.54, 1.807) is 0 Å². The Morgan fingerprint density at radius 2 is 1.93 bits per heavy atom. The molecule has 1 N–H and O–H groups in total. The number of benzene rings is 1. The van der Waals surface area contributed by atoms with E-state index in [1.807, 2.05) is 18.2 Å². The number of aromatic nitrogens is 4. The van der Waals surface area contributed by atoms with Gasteiger partial charge in [0.1, 0.15) is 0 Å². The topological polar surface area (TPSA) is 54.5 Å². The summed E-state index contributed by atoms with van der Waals surface area (Å²) in [5, 5.41) is 14.2. The van der Waals surface area contributed by atoms with Gasteiger partial charge in [0.15, 0.2) is 5.82 Å². The van der Waals surface area contributed by atoms with Gasteiger partial charge in [0, 0.05) is 5.41 Å². The van der Waals surface area contributed by atoms with Crippen molar-refractivity contribution in [3.8, 4) is 0 Å². The third-order valence-electron chi connectivity index (χ3n) is 2.44. The van der Waals surface area contributed by atoms with E-state index in [9.17, 15) is 0 Å². The van der Waals surface area contributed by atoms with Crippen LogP contribution in [-0.2, 0) is 11.8 Å². The maximum atomic E-state index is 4.04. The van der Waals surface area contributed by atoms with Crippen LogP contribution in [0.1, 0.15) is 25.2 Å². The van der Waals surface area contributed by atoms with Crippen LogP contribution < -0.4 is 0 Å². The summed E-state index contributed by atoms with van der Waals surface area (Å²) in [6.07, 6.45) is 0.910. The van der Waals surface area contributed by atoms with Crippen LogP contribution in [-0.4, -0.2) is 20.6 Å². The average Bonchev–Trinajstić information content (AvgIpc) is 2.71. The number of aromatic amines is 1. The Morgan fingerprint density at radius 1 is 1.20 bits per heavy atom. The maximum absolute atomic E-state index is 4.04. The fourth-order valence-electron chi connectivity index (χ4n) is 1.63. The SMILES string of the molecule is CC(C)(Cc1ccccc1)c1nn[nH]n1. The van der Waals surface area contributed by atoms with E-state index in [0.29, 0.717) is 0 Å². The van der Waals surface area contributed by atoms with E-state index in [0.717, 1.165) is 12.2 Å². The zero-order chi connectivity index (χ0) is 10.7. The highest BCUT2D eigenvalue weighted by Crippen LogP contribution is 2.23. The van der Waals surface area contributed by atoms with E-state index < -0.39 is 0 Å². The van der Waals surface area contributed by atoms with Gasteiger partial charge in [0.05, 0.1) is 0 Å². The molecule has 4 heteroatoms. The highest BCUT2D eigenvalue weighted by atomic mass is 15.5. The van der Waals surface area contributed by atoms with Crippen LogP contribution in [0.15, 0.2) is 30.3 Å². The van der Waals surface area contributed by atoms with Gasteiger partial charge in [0.2, 0.25) is 0 Å². The molecular formula is C11H14N4. The molecule has 0 spiro atoms. The minimum absolute atomic E-state index is 0.0889. The summed E-state index contributed by atoms with van der Waals surface area (Å²) in [5.41, 5.74) is 1.20. The Bertz CT molecular complexity index is 405. The smallest absolute Gasteiger partial charge is 0.177 e. The number of nitrogens with zero attached hydrogens (tertiary/aromatic N) is 3. The molecular weight excluding hydrogens is 188 g/mol. The van der Waals surface area contributed by atoms with Crippen molar-refractivity contribution in [3.63, 3.8) is 0 Å². The van der Waals surface area contributed by atoms with E-state index in [4.69, 9.17) is 0 Å². The van der Waals surface area contributed by atoms with E-state index in [1.165, 1.54) is 5.56 Å². The fraction of sp³-hybridized carbons (Fsp3) is 0.364. The second-order valence-corrected chi connectivity index (χ2v) is 4.28. The lowest BCUT2D eigenvalue weighted by molar-refractivity contribution is 0.487. The second kappa shape index (κ2) is 3.81. The van der Waals surface area contributed by atoms with Gasteiger partial charge >= 0.3 is 0 Å². The van der Waals surface area contributed by atoms with Gasteiger partial charge < -0.3 is 0 Å². The van der Waals surface area contributed by atoms with Gasteiger partial charge in [-0.05, 0) is 12.0 Å². The molecule has 0 amide bonds. The highest BCUT2D eigenvalue weighted by molar-refractivity contribution is 5.19. The highest BCUT2D eigenvalue weighted by Gasteiger charge is 2.25. The Morgan fingerprint density at radius 3 is 2.53 bits per heavy atom. The van der Waals surface area contributed by atoms with E-state index >= 15 is 0 Å². The average molecular weight is 202 g/mol. The Hall–Kier alpha value is -1.71. The third kappa shape index (κ3) is 2.21. The molecule has 0 aliphatic carbocycles. The summed E-state index contributed by atoms with van der Waals surface area (Å²) in [5.74, 6) is 0.756. The lowest BCUT2D eigenvalue weighted by Crippen LogP contribution is -2.22. The standard InChI is InChI=1S/C11H14N4/c1-11(2,10-12-14-15-13-10)8-9-6-4-3-5-7-9/h3-7H,8H2,1-2H3,(H,12,13,14,15). The van der Waals surface area contributed by atoms with Crippen LogP contribution in [0.2, 0.25) is 0 Å². The molecule has 1 heterocycles. The predicted octanol–water partition coefficient (Wildman–Crippen LogP) is 1.72. The summed E-state index contributed by atoms with van der Waals surface area (Å²) in [4.78, 5) is 0. The molecule has 0 aliphatic heterocycles. The molecule has 0 radical (unpaired) electrons. The maximum Gasteiger partial charge on any atom is 0.180 e. The molecule has 0 bridgehead atoms. The number of hydrogen-bond donors (Lipinski definition) is 1. The first kappa shape index (κ1) is 9.83. The van der Waals surface area contributed by atoms with Crippen molar-refractivity contribution in [2.24, 2.45) is 0 Å². The molecule has 1 aromatic carbocycles. The zero-order valence-corrected chi connectivity index (χ0v) is 8.94. The van der Waals surface area contributed by atoms with Crippen molar-refractivity contribution in [1.82, 2.24) is 20.6 Å². The summed E-state index contributed by atoms with van der Waals surface area (Å²) in [7, 11) is 0. The molecule has 0 fully saturated rings. The Balaban J connectivity index is 2.18. The molecule has 0 unspecified atom stereocenters. The van der Waals surface area contributed by atoms with Crippen molar-refractivity contribution in [2.75, 3.05) is 0 Å². The largest absolute Gasteiger partial charge is 0.180 e. The van der Waals surface area contributed by atoms with Crippen molar-refractivity contribution in [1.29, 1.82) is 0 Å². The number of nitrogens with one attached hydrogen (secondary N) is 1. The number of H-pyrrole nitrogens is 1. The lowest BCUT2D eigenvalue weighted by Gasteiger charge is -2.20. The van der Waals surface area contributed by atoms with Crippen molar-refractivity contribution < 1.29 is 0 Å². The van der Waals surface area contributed by atoms with Crippen molar-refractivity contribution >= 4 is 0 Å². The molecule has 0 atom stereocenters. The van der Waals surface area contributed by atoms with Gasteiger partial charge in [-0.3, -0.25) is 0 Å². The fourth-order valence-corrected chi connectivity index (χ4v) is 1.63. The molecule has 78 valence electrons. The summed E-state index contributed by atoms with van der Waals surface area (Å²) >= 11 is 0. The van der Waals surface area contributed by atoms with E-state index in [-0.39, 0.29) is 5.41 Å². The van der Waals surface area contributed by atoms with Crippen LogP contribution in [0.4, 0.5) is 0 Å². The quantitative estimate of drug-likeness (QED) is 0.824. The first-order valence-corrected chi connectivity index (χ1v) is 4.96. The summed E-state index contributed by atoms with van der Waals surface area (Å²) < 4.78 is 0. The summed E-state index contributed by atoms with van der Waals surface area (Å²) in [6, 6.07) is 10.3. The zero-order valence-electron chi connectivity index (χ0n) is 8.94. The predicted molar refractivity (Wildman–Crippen MR) is 57.3 cm³/mol. The summed E-state index contributed by atoms with van der Waals surface area (Å²) in [6.45, 7) is 4.23. The Kier molecular flexibility index (Phi) is 2.49. The minimum atomic E-state index is -0.0889. The molecule has 1 aromatic heterocycles. The van der Waals surface area contributed by atoms with E-state index in [2.05, 4.69) is 46.6 Å². The van der Waals surface area contributed by atoms with Crippen LogP contribution >= 0.6 is 0 Å². The van der Waals surface area contributed by atoms with Crippen LogP contribution in [0.25, 0.3) is 0 Å². The van der Waals surface area contributed by atoms with Gasteiger partial charge in [-0.2, -0.15) is 5.21 Å². The Labute approximate surface area is 88.7 Å². The molecule has 15 heavy (non-hydrogen) atoms. The van der Waals surface area contributed by atoms with Crippen molar-refractivity contribution in [2.45, 2.75) is 25.7 Å². The van der Waals surface area contributed by atoms with Crippen LogP contribution in [0, 0.1) is 0 Å². The van der Waals surface area contributed by atoms with Gasteiger partial charge in [0.25, 0.3) is 0 Å². The molecule has 0 saturated heterocycles. The minimum Gasteiger partial charge on any atom is -0.177 e. The lowest BCUT2D eigenvalue weighted by atomic mass is 9.85. The first-order valence-electron chi connectivity index (χ1n) is 4.96. The van der Waals surface area contributed by atoms with Gasteiger partial charge in [-0.15, -0.1) is 10.2 Å². The molecule has 2 aromatic rings. The normalized spacial score (nSPS) is 11.6. The van der Waals surface area contributed by atoms with Gasteiger partial charge in [-0.1, -0.05) is 49.4 Å². The molecule has 4 nitrogen and oxygen atoms in total. The first-order chi connectivity index (χ1) is 7.18. The monoisotopic (exact) mass is 202 g/mol. The molecule has 0 saturated carbocycles. The van der Waals surface area contributed by atoms with Crippen LogP contribution in [0.5, 0.6) is 0 Å². The van der Waals surface area contributed by atoms with Crippen molar-refractivity contribution in [3.05, 3.63) is 41.7 Å². The second-order valence-electron chi connectivity index (χ2n) is 4.28. The number of rotatable bonds is 3. The van der Waals surface area contributed by atoms with Crippen LogP contribution in [0.3, 0.4) is 0 Å². The third-order valence-corrected chi connectivity index (χ3v) is 2.44. The molecule has 2 rings (SSSR count). The van der Waals surface area contributed by atoms with Gasteiger partial charge in [-0.25, -0.2) is 0 Å². The number of hydrogen-bond acceptors (Lipinski definition) is 3.